The highest BCUT2D eigenvalue weighted by Crippen LogP contribution is 2.26. The summed E-state index contributed by atoms with van der Waals surface area (Å²) < 4.78 is 17.3. The number of aliphatic hydroxyl groups is 1. The first-order chi connectivity index (χ1) is 37.8. The molecule has 3 rings (SSSR count). The summed E-state index contributed by atoms with van der Waals surface area (Å²) in [6, 6.07) is -0.585. The van der Waals surface area contributed by atoms with Gasteiger partial charge in [0.05, 0.1) is 31.6 Å². The van der Waals surface area contributed by atoms with Crippen molar-refractivity contribution in [1.29, 1.82) is 0 Å². The van der Waals surface area contributed by atoms with Gasteiger partial charge in [0.1, 0.15) is 42.1 Å². The standard InChI is InChI=1S/C61H100N6O13/c1-15-17-18-19-20-21-22-23-24-27-50(69)65(12)47(34-38(5)6)57(73)64-53-42(11)79-61(77)48(35-43-28-30-44(78-14)31-29-43)66(13)60(76)46-26-25-32-67(46)59(75)45(33-37(3)4)62-56(72)41(10)54(71)55(39(7)8)80-51(70)36-49(68)52(40(9)16-2)63-58(53)74/h28-31,37-42,45-49,52-53,55,68H,15-27,32-36H2,1-14H3,(H,62,72)(H,63,74)(H,64,73)/t40-,41-,42-,45+,46-,47+,48-,49+,52-,53-,55+/m0/s1. The Morgan fingerprint density at radius 2 is 1.44 bits per heavy atom. The molecule has 11 atom stereocenters. The number of amides is 6. The molecule has 0 bridgehead atoms. The van der Waals surface area contributed by atoms with Crippen LogP contribution in [0, 0.1) is 29.6 Å². The Hall–Kier alpha value is -5.59. The van der Waals surface area contributed by atoms with Crippen molar-refractivity contribution >= 4 is 53.2 Å². The molecule has 1 aromatic rings. The molecule has 6 amide bonds. The van der Waals surface area contributed by atoms with Crippen LogP contribution < -0.4 is 20.7 Å². The number of esters is 2. The van der Waals surface area contributed by atoms with Crippen molar-refractivity contribution in [3.05, 3.63) is 29.8 Å². The number of benzene rings is 1. The van der Waals surface area contributed by atoms with Crippen molar-refractivity contribution < 1.29 is 62.5 Å². The van der Waals surface area contributed by atoms with E-state index in [1.165, 1.54) is 68.4 Å². The van der Waals surface area contributed by atoms with Crippen LogP contribution in [0.2, 0.25) is 0 Å². The molecule has 80 heavy (non-hydrogen) atoms. The predicted octanol–water partition coefficient (Wildman–Crippen LogP) is 6.87. The lowest BCUT2D eigenvalue weighted by molar-refractivity contribution is -0.163. The van der Waals surface area contributed by atoms with Gasteiger partial charge in [0.25, 0.3) is 0 Å². The maximum atomic E-state index is 15.0. The summed E-state index contributed by atoms with van der Waals surface area (Å²) in [7, 11) is 4.51. The average molecular weight is 1130 g/mol. The van der Waals surface area contributed by atoms with Crippen LogP contribution in [0.1, 0.15) is 184 Å². The molecule has 0 unspecified atom stereocenters. The quantitative estimate of drug-likeness (QED) is 0.0497. The minimum atomic E-state index is -1.66. The number of rotatable bonds is 23. The second kappa shape index (κ2) is 34.0. The third-order valence-electron chi connectivity index (χ3n) is 15.8. The van der Waals surface area contributed by atoms with Gasteiger partial charge >= 0.3 is 11.9 Å². The zero-order chi connectivity index (χ0) is 60.0. The summed E-state index contributed by atoms with van der Waals surface area (Å²) in [5, 5.41) is 20.3. The fourth-order valence-electron chi connectivity index (χ4n) is 10.5. The Morgan fingerprint density at radius 1 is 0.825 bits per heavy atom. The van der Waals surface area contributed by atoms with E-state index in [0.717, 1.165) is 25.7 Å². The largest absolute Gasteiger partial charge is 0.497 e. The Bertz CT molecular complexity index is 2190. The van der Waals surface area contributed by atoms with Crippen molar-refractivity contribution in [3.63, 3.8) is 0 Å². The van der Waals surface area contributed by atoms with E-state index in [9.17, 15) is 48.3 Å². The summed E-state index contributed by atoms with van der Waals surface area (Å²) in [6.45, 7) is 19.5. The molecule has 0 aromatic heterocycles. The fourth-order valence-corrected chi connectivity index (χ4v) is 10.5. The number of aliphatic hydroxyl groups excluding tert-OH is 1. The molecule has 0 radical (unpaired) electrons. The van der Waals surface area contributed by atoms with Gasteiger partial charge in [0.15, 0.2) is 11.9 Å². The number of unbranched alkanes of at least 4 members (excludes halogenated alkanes) is 8. The Kier molecular flexibility index (Phi) is 29.2. The van der Waals surface area contributed by atoms with Gasteiger partial charge in [-0.25, -0.2) is 4.79 Å². The van der Waals surface area contributed by atoms with Crippen LogP contribution in [0.3, 0.4) is 0 Å². The zero-order valence-corrected chi connectivity index (χ0v) is 50.8. The smallest absolute Gasteiger partial charge is 0.329 e. The molecule has 19 heteroatoms. The molecule has 4 N–H and O–H groups in total. The lowest BCUT2D eigenvalue weighted by Gasteiger charge is -2.36. The molecule has 0 spiro atoms. The molecule has 452 valence electrons. The number of likely N-dealkylation sites (N-methyl/N-ethyl adjacent to an activating group) is 2. The highest BCUT2D eigenvalue weighted by molar-refractivity contribution is 6.05. The van der Waals surface area contributed by atoms with E-state index < -0.39 is 126 Å². The van der Waals surface area contributed by atoms with Crippen LogP contribution in [0.5, 0.6) is 5.75 Å². The van der Waals surface area contributed by atoms with Gasteiger partial charge in [-0.3, -0.25) is 38.4 Å². The van der Waals surface area contributed by atoms with Crippen molar-refractivity contribution in [2.45, 2.75) is 240 Å². The fraction of sp³-hybridized carbons (Fsp3) is 0.754. The number of hydrogen-bond acceptors (Lipinski definition) is 13. The number of ketones is 1. The van der Waals surface area contributed by atoms with Crippen LogP contribution in [-0.2, 0) is 59.0 Å². The van der Waals surface area contributed by atoms with Crippen LogP contribution in [0.15, 0.2) is 24.3 Å². The highest BCUT2D eigenvalue weighted by atomic mass is 16.6. The van der Waals surface area contributed by atoms with Gasteiger partial charge in [-0.2, -0.15) is 0 Å². The topological polar surface area (TPSA) is 247 Å². The van der Waals surface area contributed by atoms with E-state index in [4.69, 9.17) is 14.2 Å². The number of Topliss-reactive ketones (excluding diaryl/α,β-unsaturated/α-hetero) is 1. The van der Waals surface area contributed by atoms with Crippen molar-refractivity contribution in [3.8, 4) is 5.75 Å². The van der Waals surface area contributed by atoms with Crippen LogP contribution >= 0.6 is 0 Å². The Labute approximate surface area is 477 Å². The van der Waals surface area contributed by atoms with Crippen LogP contribution in [0.25, 0.3) is 0 Å². The number of nitrogens with one attached hydrogen (secondary N) is 3. The van der Waals surface area contributed by atoms with E-state index in [1.54, 1.807) is 52.1 Å². The van der Waals surface area contributed by atoms with Gasteiger partial charge < -0.3 is 50.0 Å². The average Bonchev–Trinajstić information content (AvgIpc) is 3.91. The molecule has 2 heterocycles. The molecule has 2 aliphatic rings. The normalized spacial score (nSPS) is 25.2. The van der Waals surface area contributed by atoms with E-state index in [2.05, 4.69) is 22.9 Å². The summed E-state index contributed by atoms with van der Waals surface area (Å²) >= 11 is 0. The monoisotopic (exact) mass is 1120 g/mol. The Balaban J connectivity index is 2.19. The number of methoxy groups -OCH3 is 1. The number of carbonyl (C=O) groups is 9. The third kappa shape index (κ3) is 20.7. The molecule has 2 saturated heterocycles. The van der Waals surface area contributed by atoms with Gasteiger partial charge in [-0.15, -0.1) is 0 Å². The number of cyclic esters (lactones) is 2. The number of hydrogen-bond donors (Lipinski definition) is 4. The SMILES string of the molecule is CCCCCCCCCCCC(=O)N(C)[C@H](CC(C)C)C(=O)N[C@@H]1C(=O)N[C@@H]([C@@H](C)CC)[C@H](O)CC(=O)O[C@H](C(C)C)C(=O)[C@H](C)C(=O)N[C@H](CC(C)C)C(=O)N2CCC[C@H]2C(=O)N(C)[C@@H](Cc2ccc(OC)cc2)C(=O)O[C@H]1C. The maximum absolute atomic E-state index is 15.0. The summed E-state index contributed by atoms with van der Waals surface area (Å²) in [4.78, 5) is 134. The lowest BCUT2D eigenvalue weighted by Crippen LogP contribution is -2.61. The predicted molar refractivity (Wildman–Crippen MR) is 306 cm³/mol. The molecule has 0 aliphatic carbocycles. The number of carbonyl (C=O) groups excluding carboxylic acids is 9. The second-order valence-corrected chi connectivity index (χ2v) is 23.7. The van der Waals surface area contributed by atoms with E-state index in [0.29, 0.717) is 30.6 Å². The Morgan fingerprint density at radius 3 is 2.00 bits per heavy atom. The lowest BCUT2D eigenvalue weighted by atomic mass is 9.91. The number of fused-ring (bicyclic) bond motifs is 1. The van der Waals surface area contributed by atoms with Crippen LogP contribution in [0.4, 0.5) is 0 Å². The summed E-state index contributed by atoms with van der Waals surface area (Å²) in [5.74, 6) is -8.57. The minimum Gasteiger partial charge on any atom is -0.497 e. The molecule has 2 fully saturated rings. The minimum absolute atomic E-state index is 0.0798. The first-order valence-electron chi connectivity index (χ1n) is 29.8. The summed E-state index contributed by atoms with van der Waals surface area (Å²) in [5.41, 5.74) is 0.609. The first-order valence-corrected chi connectivity index (χ1v) is 29.8. The molecule has 19 nitrogen and oxygen atoms in total. The maximum Gasteiger partial charge on any atom is 0.329 e. The summed E-state index contributed by atoms with van der Waals surface area (Å²) in [6.07, 6.45) is 5.97. The first kappa shape index (κ1) is 68.7. The highest BCUT2D eigenvalue weighted by Gasteiger charge is 2.45. The molecular weight excluding hydrogens is 1020 g/mol. The zero-order valence-electron chi connectivity index (χ0n) is 50.8. The molecule has 1 aromatic carbocycles. The van der Waals surface area contributed by atoms with Crippen LogP contribution in [-0.4, -0.2) is 155 Å². The van der Waals surface area contributed by atoms with Gasteiger partial charge in [-0.05, 0) is 87.3 Å². The van der Waals surface area contributed by atoms with Gasteiger partial charge in [0.2, 0.25) is 35.4 Å². The number of nitrogens with zero attached hydrogens (tertiary/aromatic N) is 3. The van der Waals surface area contributed by atoms with Crippen molar-refractivity contribution in [2.75, 3.05) is 27.7 Å². The van der Waals surface area contributed by atoms with E-state index in [-0.39, 0.29) is 56.4 Å². The molecular formula is C61H100N6O13. The van der Waals surface area contributed by atoms with Gasteiger partial charge in [-0.1, -0.05) is 132 Å². The second-order valence-electron chi connectivity index (χ2n) is 23.7. The van der Waals surface area contributed by atoms with Crippen molar-refractivity contribution in [1.82, 2.24) is 30.7 Å². The van der Waals surface area contributed by atoms with Gasteiger partial charge in [0, 0.05) is 33.5 Å². The molecule has 2 aliphatic heterocycles. The van der Waals surface area contributed by atoms with E-state index in [1.807, 2.05) is 34.6 Å². The van der Waals surface area contributed by atoms with E-state index >= 15 is 0 Å². The molecule has 0 saturated carbocycles. The van der Waals surface area contributed by atoms with Crippen molar-refractivity contribution in [2.24, 2.45) is 29.6 Å². The number of ether oxygens (including phenoxy) is 3. The third-order valence-corrected chi connectivity index (χ3v) is 15.8.